The van der Waals surface area contributed by atoms with Crippen LogP contribution in [0.4, 0.5) is 14.5 Å². The Balaban J connectivity index is 0.00000210. The number of hydrogen-bond donors (Lipinski definition) is 2. The monoisotopic (exact) mass is 452 g/mol. The van der Waals surface area contributed by atoms with E-state index in [-0.39, 0.29) is 30.7 Å². The fraction of sp³-hybridized carbons (Fsp3) is 0.579. The molecule has 2 heterocycles. The summed E-state index contributed by atoms with van der Waals surface area (Å²) in [5, 5.41) is 5.17. The Hall–Kier alpha value is -1.48. The Morgan fingerprint density at radius 1 is 1.14 bits per heavy atom. The van der Waals surface area contributed by atoms with Crippen LogP contribution in [-0.2, 0) is 16.0 Å². The molecule has 0 aromatic heterocycles. The van der Waals surface area contributed by atoms with Gasteiger partial charge in [0.1, 0.15) is 0 Å². The van der Waals surface area contributed by atoms with Crippen LogP contribution >= 0.6 is 24.8 Å². The smallest absolute Gasteiger partial charge is 0.262 e. The topological polar surface area (TPSA) is 64.7 Å². The summed E-state index contributed by atoms with van der Waals surface area (Å²) in [6.45, 7) is 5.95. The number of amides is 2. The van der Waals surface area contributed by atoms with E-state index in [4.69, 9.17) is 0 Å². The Kier molecular flexibility index (Phi) is 9.75. The van der Waals surface area contributed by atoms with Crippen LogP contribution in [-0.4, -0.2) is 72.8 Å². The third kappa shape index (κ3) is 7.06. The number of likely N-dealkylation sites (N-methyl/N-ethyl adjacent to an activating group) is 1. The molecule has 3 rings (SSSR count). The minimum atomic E-state index is -2.84. The number of carbonyl (C=O) groups is 2. The lowest BCUT2D eigenvalue weighted by Crippen LogP contribution is -2.48. The number of nitrogens with one attached hydrogen (secondary N) is 2. The number of anilines is 1. The molecule has 1 aromatic carbocycles. The van der Waals surface area contributed by atoms with E-state index in [1.807, 2.05) is 4.90 Å². The van der Waals surface area contributed by atoms with Crippen molar-refractivity contribution in [2.75, 3.05) is 44.6 Å². The van der Waals surface area contributed by atoms with E-state index in [0.29, 0.717) is 12.1 Å². The van der Waals surface area contributed by atoms with E-state index in [9.17, 15) is 18.4 Å². The van der Waals surface area contributed by atoms with Crippen LogP contribution in [0.15, 0.2) is 24.3 Å². The quantitative estimate of drug-likeness (QED) is 0.718. The van der Waals surface area contributed by atoms with Gasteiger partial charge in [-0.2, -0.15) is 0 Å². The fourth-order valence-electron chi connectivity index (χ4n) is 3.44. The number of benzene rings is 1. The van der Waals surface area contributed by atoms with Gasteiger partial charge in [-0.15, -0.1) is 24.8 Å². The molecule has 2 N–H and O–H groups in total. The van der Waals surface area contributed by atoms with E-state index >= 15 is 0 Å². The molecule has 6 nitrogen and oxygen atoms in total. The lowest BCUT2D eigenvalue weighted by atomic mass is 10.1. The standard InChI is InChI=1S/C19H26F2N4O2.2ClH/c1-2-24-7-9-25(10-8-24)17(26)11-14-3-5-15(6-4-14)23-18(27)16-12-19(20,21)13-22-16;;/h3-6,16,22H,2,7-13H2,1H3,(H,23,27);2*1H. The van der Waals surface area contributed by atoms with E-state index in [0.717, 1.165) is 38.3 Å². The number of hydrogen-bond acceptors (Lipinski definition) is 4. The average molecular weight is 453 g/mol. The molecule has 2 fully saturated rings. The first-order valence-corrected chi connectivity index (χ1v) is 9.37. The largest absolute Gasteiger partial charge is 0.340 e. The van der Waals surface area contributed by atoms with E-state index in [2.05, 4.69) is 22.5 Å². The minimum absolute atomic E-state index is 0. The van der Waals surface area contributed by atoms with Crippen molar-refractivity contribution in [2.24, 2.45) is 0 Å². The zero-order valence-corrected chi connectivity index (χ0v) is 18.0. The van der Waals surface area contributed by atoms with Crippen molar-refractivity contribution in [3.05, 3.63) is 29.8 Å². The van der Waals surface area contributed by atoms with Crippen molar-refractivity contribution >= 4 is 42.3 Å². The Morgan fingerprint density at radius 2 is 1.76 bits per heavy atom. The fourth-order valence-corrected chi connectivity index (χ4v) is 3.44. The molecule has 164 valence electrons. The first-order chi connectivity index (χ1) is 12.9. The average Bonchev–Trinajstić information content (AvgIpc) is 3.03. The second-order valence-electron chi connectivity index (χ2n) is 7.17. The molecule has 2 saturated heterocycles. The van der Waals surface area contributed by atoms with Gasteiger partial charge in [-0.1, -0.05) is 19.1 Å². The Bertz CT molecular complexity index is 683. The van der Waals surface area contributed by atoms with Gasteiger partial charge in [-0.3, -0.25) is 14.9 Å². The predicted octanol–water partition coefficient (Wildman–Crippen LogP) is 2.17. The van der Waals surface area contributed by atoms with Gasteiger partial charge in [0.25, 0.3) is 5.92 Å². The molecule has 2 aliphatic heterocycles. The molecule has 1 atom stereocenters. The second kappa shape index (κ2) is 11.1. The van der Waals surface area contributed by atoms with E-state index in [1.54, 1.807) is 24.3 Å². The third-order valence-electron chi connectivity index (χ3n) is 5.18. The summed E-state index contributed by atoms with van der Waals surface area (Å²) in [5.74, 6) is -3.21. The maximum Gasteiger partial charge on any atom is 0.262 e. The summed E-state index contributed by atoms with van der Waals surface area (Å²) in [4.78, 5) is 28.7. The Morgan fingerprint density at radius 3 is 2.28 bits per heavy atom. The molecule has 0 bridgehead atoms. The van der Waals surface area contributed by atoms with Crippen LogP contribution in [0.25, 0.3) is 0 Å². The molecule has 0 saturated carbocycles. The zero-order valence-electron chi connectivity index (χ0n) is 16.3. The summed E-state index contributed by atoms with van der Waals surface area (Å²) in [6.07, 6.45) is -0.173. The van der Waals surface area contributed by atoms with Crippen LogP contribution in [0.5, 0.6) is 0 Å². The molecule has 0 radical (unpaired) electrons. The van der Waals surface area contributed by atoms with Gasteiger partial charge in [-0.05, 0) is 24.2 Å². The summed E-state index contributed by atoms with van der Waals surface area (Å²) in [5.41, 5.74) is 1.39. The Labute approximate surface area is 182 Å². The number of piperazine rings is 1. The molecule has 1 aromatic rings. The molecule has 0 spiro atoms. The van der Waals surface area contributed by atoms with E-state index < -0.39 is 30.8 Å². The van der Waals surface area contributed by atoms with Crippen molar-refractivity contribution in [1.29, 1.82) is 0 Å². The van der Waals surface area contributed by atoms with Crippen molar-refractivity contribution in [1.82, 2.24) is 15.1 Å². The SMILES string of the molecule is CCN1CCN(C(=O)Cc2ccc(NC(=O)C3CC(F)(F)CN3)cc2)CC1.Cl.Cl. The van der Waals surface area contributed by atoms with Gasteiger partial charge in [0.05, 0.1) is 19.0 Å². The molecule has 10 heteroatoms. The van der Waals surface area contributed by atoms with E-state index in [1.165, 1.54) is 0 Å². The molecule has 29 heavy (non-hydrogen) atoms. The summed E-state index contributed by atoms with van der Waals surface area (Å²) in [7, 11) is 0. The molecule has 1 unspecified atom stereocenters. The molecule has 2 amide bonds. The molecular formula is C19H28Cl2F2N4O2. The normalized spacial score (nSPS) is 21.1. The van der Waals surface area contributed by atoms with Crippen molar-refractivity contribution in [2.45, 2.75) is 31.7 Å². The summed E-state index contributed by atoms with van der Waals surface area (Å²) >= 11 is 0. The van der Waals surface area contributed by atoms with Gasteiger partial charge in [-0.25, -0.2) is 8.78 Å². The van der Waals surface area contributed by atoms with Crippen LogP contribution in [0.2, 0.25) is 0 Å². The first kappa shape index (κ1) is 25.6. The van der Waals surface area contributed by atoms with Gasteiger partial charge >= 0.3 is 0 Å². The number of carbonyl (C=O) groups excluding carboxylic acids is 2. The van der Waals surface area contributed by atoms with Crippen LogP contribution in [0.3, 0.4) is 0 Å². The van der Waals surface area contributed by atoms with Gasteiger partial charge in [0, 0.05) is 38.3 Å². The van der Waals surface area contributed by atoms with Crippen LogP contribution in [0, 0.1) is 0 Å². The summed E-state index contributed by atoms with van der Waals surface area (Å²) < 4.78 is 26.4. The van der Waals surface area contributed by atoms with Crippen LogP contribution in [0.1, 0.15) is 18.9 Å². The predicted molar refractivity (Wildman–Crippen MR) is 113 cm³/mol. The lowest BCUT2D eigenvalue weighted by molar-refractivity contribution is -0.132. The van der Waals surface area contributed by atoms with Gasteiger partial charge in [0.2, 0.25) is 11.8 Å². The molecular weight excluding hydrogens is 425 g/mol. The highest BCUT2D eigenvalue weighted by atomic mass is 35.5. The molecule has 2 aliphatic rings. The number of halogens is 4. The van der Waals surface area contributed by atoms with Crippen LogP contribution < -0.4 is 10.6 Å². The highest BCUT2D eigenvalue weighted by Gasteiger charge is 2.42. The van der Waals surface area contributed by atoms with Gasteiger partial charge in [0.15, 0.2) is 0 Å². The lowest BCUT2D eigenvalue weighted by Gasteiger charge is -2.34. The van der Waals surface area contributed by atoms with Crippen molar-refractivity contribution in [3.63, 3.8) is 0 Å². The second-order valence-corrected chi connectivity index (χ2v) is 7.17. The maximum absolute atomic E-state index is 13.2. The number of alkyl halides is 2. The number of rotatable bonds is 5. The molecule has 0 aliphatic carbocycles. The van der Waals surface area contributed by atoms with Crippen molar-refractivity contribution in [3.8, 4) is 0 Å². The minimum Gasteiger partial charge on any atom is -0.340 e. The van der Waals surface area contributed by atoms with Gasteiger partial charge < -0.3 is 15.1 Å². The maximum atomic E-state index is 13.2. The van der Waals surface area contributed by atoms with Crippen molar-refractivity contribution < 1.29 is 18.4 Å². The first-order valence-electron chi connectivity index (χ1n) is 9.37. The highest BCUT2D eigenvalue weighted by molar-refractivity contribution is 5.95. The highest BCUT2D eigenvalue weighted by Crippen LogP contribution is 2.25. The third-order valence-corrected chi connectivity index (χ3v) is 5.18. The zero-order chi connectivity index (χ0) is 19.4. The number of nitrogens with zero attached hydrogens (tertiary/aromatic N) is 2. The summed E-state index contributed by atoms with van der Waals surface area (Å²) in [6, 6.07) is 6.08.